The summed E-state index contributed by atoms with van der Waals surface area (Å²) in [6.07, 6.45) is 76.2. The molecule has 0 aromatic rings. The lowest BCUT2D eigenvalue weighted by atomic mass is 10.0. The van der Waals surface area contributed by atoms with E-state index >= 15 is 0 Å². The third kappa shape index (κ3) is 59.9. The van der Waals surface area contributed by atoms with Gasteiger partial charge in [-0.1, -0.05) is 287 Å². The fourth-order valence-electron chi connectivity index (χ4n) is 9.56. The molecule has 0 aromatic carbocycles. The van der Waals surface area contributed by atoms with Crippen LogP contribution in [0.1, 0.15) is 303 Å². The van der Waals surface area contributed by atoms with Crippen LogP contribution >= 0.6 is 7.82 Å². The average molecular weight is 1130 g/mol. The standard InChI is InChI=1S/C69H127N2O7P/c1-7-10-13-16-19-22-25-27-29-31-33-34-35-36-38-40-42-44-47-50-53-56-59-62-69(73)78-67(60-57-54-51-48-45-24-21-18-15-12-9-3)66(65-77-79(74,75)76-64-63-71(4,5)6)70-68(72)61-58-55-52-49-46-43-41-39-37-32-30-28-26-23-20-17-14-11-8-2/h10,13,19,22,27,29,33-34,36,38,57,60,66-67H,7-9,11-12,14-18,20-21,23-26,28,30-32,35,37,39-56,58-59,61-65H2,1-6H3,(H-,70,72,74,75)/p+1/b13-10-,22-19-,29-27-,34-33-,38-36-,60-57+. The number of hydrogen-bond donors (Lipinski definition) is 2. The Hall–Kier alpha value is -2.55. The number of quaternary nitrogens is 1. The molecule has 0 spiro atoms. The number of hydrogen-bond acceptors (Lipinski definition) is 6. The smallest absolute Gasteiger partial charge is 0.456 e. The van der Waals surface area contributed by atoms with Crippen molar-refractivity contribution in [1.82, 2.24) is 5.32 Å². The molecule has 460 valence electrons. The second-order valence-electron chi connectivity index (χ2n) is 23.6. The molecule has 0 saturated heterocycles. The topological polar surface area (TPSA) is 111 Å². The number of allylic oxidation sites excluding steroid dienone is 11. The molecule has 0 aliphatic rings. The maximum Gasteiger partial charge on any atom is 0.472 e. The molecule has 0 heterocycles. The van der Waals surface area contributed by atoms with E-state index in [1.165, 1.54) is 167 Å². The van der Waals surface area contributed by atoms with Crippen LogP contribution in [-0.2, 0) is 27.9 Å². The van der Waals surface area contributed by atoms with Crippen LogP contribution in [0.3, 0.4) is 0 Å². The minimum Gasteiger partial charge on any atom is -0.456 e. The minimum atomic E-state index is -4.45. The monoisotopic (exact) mass is 1130 g/mol. The van der Waals surface area contributed by atoms with Crippen molar-refractivity contribution < 1.29 is 37.3 Å². The summed E-state index contributed by atoms with van der Waals surface area (Å²) >= 11 is 0. The summed E-state index contributed by atoms with van der Waals surface area (Å²) in [6.45, 7) is 6.92. The highest BCUT2D eigenvalue weighted by atomic mass is 31.2. The number of likely N-dealkylation sites (N-methyl/N-ethyl adjacent to an activating group) is 1. The van der Waals surface area contributed by atoms with Gasteiger partial charge in [0.15, 0.2) is 0 Å². The van der Waals surface area contributed by atoms with E-state index in [4.69, 9.17) is 13.8 Å². The summed E-state index contributed by atoms with van der Waals surface area (Å²) in [7, 11) is 1.49. The van der Waals surface area contributed by atoms with Crippen molar-refractivity contribution in [3.63, 3.8) is 0 Å². The summed E-state index contributed by atoms with van der Waals surface area (Å²) in [5.41, 5.74) is 0. The van der Waals surface area contributed by atoms with Crippen LogP contribution in [0.5, 0.6) is 0 Å². The number of nitrogens with one attached hydrogen (secondary N) is 1. The summed E-state index contributed by atoms with van der Waals surface area (Å²) in [5.74, 6) is -0.509. The summed E-state index contributed by atoms with van der Waals surface area (Å²) < 4.78 is 30.7. The van der Waals surface area contributed by atoms with Crippen molar-refractivity contribution >= 4 is 19.7 Å². The van der Waals surface area contributed by atoms with Gasteiger partial charge in [0.1, 0.15) is 19.3 Å². The molecular weight excluding hydrogens is 1000 g/mol. The Bertz CT molecular complexity index is 1580. The first kappa shape index (κ1) is 76.5. The predicted octanol–water partition coefficient (Wildman–Crippen LogP) is 20.8. The number of amides is 1. The summed E-state index contributed by atoms with van der Waals surface area (Å²) in [4.78, 5) is 37.8. The van der Waals surface area contributed by atoms with Gasteiger partial charge in [0, 0.05) is 12.8 Å². The lowest BCUT2D eigenvalue weighted by Gasteiger charge is -2.27. The van der Waals surface area contributed by atoms with Crippen molar-refractivity contribution in [3.8, 4) is 0 Å². The maximum absolute atomic E-state index is 13.6. The van der Waals surface area contributed by atoms with Crippen molar-refractivity contribution in [3.05, 3.63) is 72.9 Å². The van der Waals surface area contributed by atoms with E-state index in [0.29, 0.717) is 17.4 Å². The van der Waals surface area contributed by atoms with Gasteiger partial charge >= 0.3 is 13.8 Å². The van der Waals surface area contributed by atoms with E-state index < -0.39 is 20.0 Å². The van der Waals surface area contributed by atoms with Crippen molar-refractivity contribution in [1.29, 1.82) is 0 Å². The second-order valence-corrected chi connectivity index (χ2v) is 25.1. The molecule has 0 aliphatic heterocycles. The van der Waals surface area contributed by atoms with E-state index in [0.717, 1.165) is 103 Å². The molecule has 0 fully saturated rings. The first-order valence-electron chi connectivity index (χ1n) is 33.3. The molecule has 2 N–H and O–H groups in total. The zero-order chi connectivity index (χ0) is 57.9. The Balaban J connectivity index is 5.13. The Labute approximate surface area is 489 Å². The van der Waals surface area contributed by atoms with Gasteiger partial charge in [-0.2, -0.15) is 0 Å². The lowest BCUT2D eigenvalue weighted by molar-refractivity contribution is -0.870. The molecule has 3 atom stereocenters. The number of nitrogens with zero attached hydrogens (tertiary/aromatic N) is 1. The maximum atomic E-state index is 13.6. The van der Waals surface area contributed by atoms with Crippen LogP contribution in [-0.4, -0.2) is 74.3 Å². The summed E-state index contributed by atoms with van der Waals surface area (Å²) in [5, 5.41) is 3.06. The molecule has 79 heavy (non-hydrogen) atoms. The molecule has 10 heteroatoms. The van der Waals surface area contributed by atoms with E-state index in [2.05, 4.69) is 86.8 Å². The average Bonchev–Trinajstić information content (AvgIpc) is 3.41. The second kappa shape index (κ2) is 58.6. The van der Waals surface area contributed by atoms with Gasteiger partial charge in [-0.3, -0.25) is 18.6 Å². The minimum absolute atomic E-state index is 0.0376. The zero-order valence-electron chi connectivity index (χ0n) is 52.6. The van der Waals surface area contributed by atoms with Crippen LogP contribution in [0.25, 0.3) is 0 Å². The third-order valence-corrected chi connectivity index (χ3v) is 15.6. The third-order valence-electron chi connectivity index (χ3n) is 14.7. The van der Waals surface area contributed by atoms with Gasteiger partial charge in [0.25, 0.3) is 0 Å². The highest BCUT2D eigenvalue weighted by molar-refractivity contribution is 7.47. The van der Waals surface area contributed by atoms with Gasteiger partial charge in [0.05, 0.1) is 33.8 Å². The van der Waals surface area contributed by atoms with Crippen molar-refractivity contribution in [2.45, 2.75) is 315 Å². The number of carbonyl (C=O) groups excluding carboxylic acids is 2. The normalized spacial score (nSPS) is 14.1. The number of esters is 1. The number of phosphoric ester groups is 1. The largest absolute Gasteiger partial charge is 0.472 e. The van der Waals surface area contributed by atoms with Gasteiger partial charge < -0.3 is 19.4 Å². The molecule has 0 saturated carbocycles. The van der Waals surface area contributed by atoms with Gasteiger partial charge in [-0.25, -0.2) is 4.57 Å². The number of rotatable bonds is 60. The van der Waals surface area contributed by atoms with Gasteiger partial charge in [-0.05, 0) is 76.7 Å². The van der Waals surface area contributed by atoms with Crippen LogP contribution in [0.4, 0.5) is 0 Å². The van der Waals surface area contributed by atoms with Gasteiger partial charge in [-0.15, -0.1) is 0 Å². The number of ether oxygens (including phenoxy) is 1. The highest BCUT2D eigenvalue weighted by Crippen LogP contribution is 2.43. The number of carbonyl (C=O) groups is 2. The van der Waals surface area contributed by atoms with E-state index in [1.807, 2.05) is 33.3 Å². The molecule has 0 aromatic heterocycles. The van der Waals surface area contributed by atoms with Gasteiger partial charge in [0.2, 0.25) is 5.91 Å². The Morgan fingerprint density at radius 3 is 1.22 bits per heavy atom. The fourth-order valence-corrected chi connectivity index (χ4v) is 10.3. The molecule has 0 radical (unpaired) electrons. The Morgan fingerprint density at radius 1 is 0.456 bits per heavy atom. The van der Waals surface area contributed by atoms with Crippen LogP contribution in [0.2, 0.25) is 0 Å². The highest BCUT2D eigenvalue weighted by Gasteiger charge is 2.30. The van der Waals surface area contributed by atoms with Crippen LogP contribution in [0, 0.1) is 0 Å². The molecule has 1 amide bonds. The zero-order valence-corrected chi connectivity index (χ0v) is 53.5. The van der Waals surface area contributed by atoms with Crippen LogP contribution < -0.4 is 5.32 Å². The van der Waals surface area contributed by atoms with E-state index in [-0.39, 0.29) is 31.5 Å². The van der Waals surface area contributed by atoms with E-state index in [9.17, 15) is 19.0 Å². The SMILES string of the molecule is CC/C=C\C/C=C\C/C=C\C/C=C\C/C=C\CCCCCCCCCC(=O)OC(/C=C/CCCCCCCCCCC)C(COP(=O)(O)OCC[N+](C)(C)C)NC(=O)CCCCCCCCCCCCCCCCCCCCC. The van der Waals surface area contributed by atoms with Crippen molar-refractivity contribution in [2.75, 3.05) is 40.9 Å². The lowest BCUT2D eigenvalue weighted by Crippen LogP contribution is -2.47. The first-order valence-corrected chi connectivity index (χ1v) is 34.8. The van der Waals surface area contributed by atoms with E-state index in [1.54, 1.807) is 0 Å². The van der Waals surface area contributed by atoms with Crippen molar-refractivity contribution in [2.24, 2.45) is 0 Å². The molecule has 0 bridgehead atoms. The number of phosphoric acid groups is 1. The number of unbranched alkanes of at least 4 members (excludes halogenated alkanes) is 34. The molecule has 3 unspecified atom stereocenters. The molecular formula is C69H128N2O7P+. The molecule has 0 aliphatic carbocycles. The quantitative estimate of drug-likeness (QED) is 0.0205. The Morgan fingerprint density at radius 2 is 0.810 bits per heavy atom. The Kier molecular flexibility index (Phi) is 56.7. The van der Waals surface area contributed by atoms with Crippen LogP contribution in [0.15, 0.2) is 72.9 Å². The predicted molar refractivity (Wildman–Crippen MR) is 341 cm³/mol. The summed E-state index contributed by atoms with van der Waals surface area (Å²) in [6, 6.07) is -0.853. The first-order chi connectivity index (χ1) is 38.4. The fraction of sp³-hybridized carbons (Fsp3) is 0.797. The molecule has 9 nitrogen and oxygen atoms in total. The molecule has 0 rings (SSSR count).